The quantitative estimate of drug-likeness (QED) is 0.447. The van der Waals surface area contributed by atoms with Crippen molar-refractivity contribution in [3.05, 3.63) is 65.9 Å². The Morgan fingerprint density at radius 2 is 1.81 bits per heavy atom. The van der Waals surface area contributed by atoms with E-state index >= 15 is 0 Å². The molecule has 158 valence electrons. The van der Waals surface area contributed by atoms with Crippen molar-refractivity contribution in [1.82, 2.24) is 20.5 Å². The van der Waals surface area contributed by atoms with E-state index < -0.39 is 11.8 Å². The Morgan fingerprint density at radius 3 is 2.55 bits per heavy atom. The first-order valence-corrected chi connectivity index (χ1v) is 10.8. The van der Waals surface area contributed by atoms with Gasteiger partial charge >= 0.3 is 0 Å². The van der Waals surface area contributed by atoms with Crippen molar-refractivity contribution >= 4 is 34.5 Å². The van der Waals surface area contributed by atoms with Crippen LogP contribution in [0.5, 0.6) is 0 Å². The zero-order valence-corrected chi connectivity index (χ0v) is 18.2. The molecule has 0 aliphatic heterocycles. The van der Waals surface area contributed by atoms with Gasteiger partial charge in [0.05, 0.1) is 11.3 Å². The fraction of sp³-hybridized carbons (Fsp3) is 0.217. The molecule has 2 aromatic carbocycles. The van der Waals surface area contributed by atoms with Crippen molar-refractivity contribution in [3.63, 3.8) is 0 Å². The van der Waals surface area contributed by atoms with Crippen molar-refractivity contribution in [1.29, 1.82) is 0 Å². The van der Waals surface area contributed by atoms with Crippen molar-refractivity contribution in [2.75, 3.05) is 5.75 Å². The van der Waals surface area contributed by atoms with Crippen LogP contribution in [0.1, 0.15) is 36.7 Å². The van der Waals surface area contributed by atoms with Gasteiger partial charge in [0.15, 0.2) is 0 Å². The maximum absolute atomic E-state index is 12.3. The van der Waals surface area contributed by atoms with Gasteiger partial charge < -0.3 is 9.40 Å². The van der Waals surface area contributed by atoms with E-state index in [9.17, 15) is 9.59 Å². The summed E-state index contributed by atoms with van der Waals surface area (Å²) in [6.07, 6.45) is 1.81. The molecule has 0 atom stereocenters. The van der Waals surface area contributed by atoms with Gasteiger partial charge in [-0.15, -0.1) is 10.2 Å². The second-order valence-electron chi connectivity index (χ2n) is 8.11. The number of aromatic amines is 1. The molecule has 0 saturated carbocycles. The van der Waals surface area contributed by atoms with Gasteiger partial charge in [-0.05, 0) is 29.2 Å². The number of benzene rings is 2. The minimum absolute atomic E-state index is 0.00290. The number of H-pyrrole nitrogens is 1. The minimum atomic E-state index is -0.434. The maximum Gasteiger partial charge on any atom is 0.277 e. The highest BCUT2D eigenvalue weighted by molar-refractivity contribution is 7.99. The molecule has 0 unspecified atom stereocenters. The fourth-order valence-electron chi connectivity index (χ4n) is 3.11. The summed E-state index contributed by atoms with van der Waals surface area (Å²) in [6.45, 7) is 6.30. The molecular weight excluding hydrogens is 412 g/mol. The number of thioether (sulfide) groups is 1. The van der Waals surface area contributed by atoms with E-state index in [1.165, 1.54) is 0 Å². The van der Waals surface area contributed by atoms with Crippen LogP contribution < -0.4 is 5.32 Å². The van der Waals surface area contributed by atoms with E-state index in [4.69, 9.17) is 4.42 Å². The zero-order chi connectivity index (χ0) is 22.0. The molecule has 2 heterocycles. The normalized spacial score (nSPS) is 11.6. The molecule has 0 aliphatic carbocycles. The van der Waals surface area contributed by atoms with E-state index in [1.54, 1.807) is 12.1 Å². The number of hydrogen-bond donors (Lipinski definition) is 2. The number of carbonyl (C=O) groups is 2. The summed E-state index contributed by atoms with van der Waals surface area (Å²) in [6, 6.07) is 15.1. The summed E-state index contributed by atoms with van der Waals surface area (Å²) >= 11 is 1.08. The van der Waals surface area contributed by atoms with Gasteiger partial charge in [0, 0.05) is 22.7 Å². The summed E-state index contributed by atoms with van der Waals surface area (Å²) in [5.74, 6) is -0.505. The number of imide groups is 1. The van der Waals surface area contributed by atoms with Crippen LogP contribution in [0, 0.1) is 0 Å². The summed E-state index contributed by atoms with van der Waals surface area (Å²) in [5.41, 5.74) is 3.32. The summed E-state index contributed by atoms with van der Waals surface area (Å²) < 4.78 is 5.68. The van der Waals surface area contributed by atoms with Crippen LogP contribution in [0.3, 0.4) is 0 Å². The van der Waals surface area contributed by atoms with E-state index in [0.717, 1.165) is 33.8 Å². The predicted octanol–water partition coefficient (Wildman–Crippen LogP) is 4.56. The Morgan fingerprint density at radius 1 is 1.06 bits per heavy atom. The first-order valence-electron chi connectivity index (χ1n) is 9.79. The predicted molar refractivity (Wildman–Crippen MR) is 120 cm³/mol. The minimum Gasteiger partial charge on any atom is -0.411 e. The molecule has 0 fully saturated rings. The summed E-state index contributed by atoms with van der Waals surface area (Å²) in [7, 11) is 0. The van der Waals surface area contributed by atoms with Crippen LogP contribution in [-0.4, -0.2) is 32.7 Å². The molecule has 0 bridgehead atoms. The van der Waals surface area contributed by atoms with Gasteiger partial charge in [-0.2, -0.15) is 0 Å². The Balaban J connectivity index is 1.34. The van der Waals surface area contributed by atoms with E-state index in [-0.39, 0.29) is 16.4 Å². The number of para-hydroxylation sites is 1. The van der Waals surface area contributed by atoms with Gasteiger partial charge in [-0.3, -0.25) is 14.9 Å². The second-order valence-corrected chi connectivity index (χ2v) is 9.04. The molecule has 0 aliphatic rings. The maximum atomic E-state index is 12.3. The monoisotopic (exact) mass is 434 g/mol. The highest BCUT2D eigenvalue weighted by Gasteiger charge is 2.17. The van der Waals surface area contributed by atoms with Crippen LogP contribution >= 0.6 is 11.8 Å². The third kappa shape index (κ3) is 4.69. The second kappa shape index (κ2) is 8.39. The number of nitrogens with zero attached hydrogens (tertiary/aromatic N) is 2. The van der Waals surface area contributed by atoms with Gasteiger partial charge in [0.25, 0.3) is 17.0 Å². The number of amides is 2. The smallest absolute Gasteiger partial charge is 0.277 e. The van der Waals surface area contributed by atoms with Crippen LogP contribution in [0.4, 0.5) is 0 Å². The Bertz CT molecular complexity index is 1240. The van der Waals surface area contributed by atoms with Crippen LogP contribution in [0.2, 0.25) is 0 Å². The highest BCUT2D eigenvalue weighted by Crippen LogP contribution is 2.29. The van der Waals surface area contributed by atoms with Crippen molar-refractivity contribution < 1.29 is 14.0 Å². The van der Waals surface area contributed by atoms with Gasteiger partial charge in [0.1, 0.15) is 0 Å². The Kier molecular flexibility index (Phi) is 5.65. The highest BCUT2D eigenvalue weighted by atomic mass is 32.2. The standard InChI is InChI=1S/C23H22N4O3S/c1-23(2,3)15-10-8-14(9-11-15)20(29)25-19(28)13-31-22-27-26-21(30-22)17-12-24-18-7-5-4-6-16(17)18/h4-12,24H,13H2,1-3H3,(H,25,28,29). The number of fused-ring (bicyclic) bond motifs is 1. The molecule has 0 radical (unpaired) electrons. The third-order valence-corrected chi connectivity index (χ3v) is 5.64. The molecule has 8 heteroatoms. The van der Waals surface area contributed by atoms with Gasteiger partial charge in [-0.25, -0.2) is 0 Å². The number of hydrogen-bond acceptors (Lipinski definition) is 6. The average molecular weight is 435 g/mol. The Labute approximate surface area is 183 Å². The summed E-state index contributed by atoms with van der Waals surface area (Å²) in [5, 5.41) is 11.7. The van der Waals surface area contributed by atoms with Crippen LogP contribution in [0.25, 0.3) is 22.4 Å². The van der Waals surface area contributed by atoms with Crippen molar-refractivity contribution in [3.8, 4) is 11.5 Å². The lowest BCUT2D eigenvalue weighted by Crippen LogP contribution is -2.31. The number of nitrogens with one attached hydrogen (secondary N) is 2. The SMILES string of the molecule is CC(C)(C)c1ccc(C(=O)NC(=O)CSc2nnc(-c3c[nH]c4ccccc34)o2)cc1. The molecule has 7 nitrogen and oxygen atoms in total. The molecule has 4 aromatic rings. The largest absolute Gasteiger partial charge is 0.411 e. The molecular formula is C23H22N4O3S. The lowest BCUT2D eigenvalue weighted by atomic mass is 9.87. The van der Waals surface area contributed by atoms with Crippen LogP contribution in [0.15, 0.2) is 64.4 Å². The first-order chi connectivity index (χ1) is 14.8. The first kappa shape index (κ1) is 20.9. The molecule has 0 saturated heterocycles. The van der Waals surface area contributed by atoms with E-state index in [0.29, 0.717) is 11.5 Å². The fourth-order valence-corrected chi connectivity index (χ4v) is 3.67. The molecule has 0 spiro atoms. The number of rotatable bonds is 5. The topological polar surface area (TPSA) is 101 Å². The number of carbonyl (C=O) groups excluding carboxylic acids is 2. The third-order valence-electron chi connectivity index (χ3n) is 4.82. The lowest BCUT2D eigenvalue weighted by molar-refractivity contribution is -0.117. The molecule has 2 aromatic heterocycles. The van der Waals surface area contributed by atoms with Crippen molar-refractivity contribution in [2.45, 2.75) is 31.4 Å². The average Bonchev–Trinajstić information content (AvgIpc) is 3.38. The molecule has 2 N–H and O–H groups in total. The lowest BCUT2D eigenvalue weighted by Gasteiger charge is -2.18. The zero-order valence-electron chi connectivity index (χ0n) is 17.4. The molecule has 2 amide bonds. The summed E-state index contributed by atoms with van der Waals surface area (Å²) in [4.78, 5) is 27.7. The molecule has 31 heavy (non-hydrogen) atoms. The van der Waals surface area contributed by atoms with Crippen molar-refractivity contribution in [2.24, 2.45) is 0 Å². The van der Waals surface area contributed by atoms with Crippen LogP contribution in [-0.2, 0) is 10.2 Å². The van der Waals surface area contributed by atoms with E-state index in [2.05, 4.69) is 41.3 Å². The van der Waals surface area contributed by atoms with Gasteiger partial charge in [-0.1, -0.05) is 62.9 Å². The van der Waals surface area contributed by atoms with Gasteiger partial charge in [0.2, 0.25) is 5.91 Å². The number of aromatic nitrogens is 3. The Hall–Kier alpha value is -3.39. The van der Waals surface area contributed by atoms with E-state index in [1.807, 2.05) is 42.6 Å². The molecule has 4 rings (SSSR count).